The van der Waals surface area contributed by atoms with E-state index in [1.807, 2.05) is 0 Å². The second-order valence-electron chi connectivity index (χ2n) is 6.83. The van der Waals surface area contributed by atoms with E-state index in [4.69, 9.17) is 4.42 Å². The number of alkyl halides is 3. The molecule has 2 aromatic rings. The number of aromatic nitrogens is 3. The molecule has 2 aliphatic rings. The highest BCUT2D eigenvalue weighted by Crippen LogP contribution is 2.37. The molecule has 2 aromatic heterocycles. The lowest BCUT2D eigenvalue weighted by atomic mass is 10.0. The van der Waals surface area contributed by atoms with Crippen molar-refractivity contribution in [3.05, 3.63) is 36.4 Å². The van der Waals surface area contributed by atoms with E-state index in [-0.39, 0.29) is 12.1 Å². The molecule has 0 spiro atoms. The quantitative estimate of drug-likeness (QED) is 0.809. The largest absolute Gasteiger partial charge is 0.448 e. The van der Waals surface area contributed by atoms with Gasteiger partial charge in [0.15, 0.2) is 0 Å². The van der Waals surface area contributed by atoms with Crippen molar-refractivity contribution < 1.29 is 17.6 Å². The monoisotopic (exact) mass is 367 g/mol. The van der Waals surface area contributed by atoms with E-state index in [1.165, 1.54) is 0 Å². The molecule has 6 nitrogen and oxygen atoms in total. The van der Waals surface area contributed by atoms with Crippen molar-refractivity contribution >= 4 is 5.82 Å². The number of anilines is 1. The minimum Gasteiger partial charge on any atom is -0.448 e. The number of piperidine rings is 1. The first-order valence-electron chi connectivity index (χ1n) is 8.79. The first kappa shape index (κ1) is 17.3. The molecule has 26 heavy (non-hydrogen) atoms. The Hall–Kier alpha value is -2.16. The number of nitrogens with zero attached hydrogens (tertiary/aromatic N) is 5. The van der Waals surface area contributed by atoms with E-state index in [9.17, 15) is 13.2 Å². The second-order valence-corrected chi connectivity index (χ2v) is 6.83. The molecule has 9 heteroatoms. The van der Waals surface area contributed by atoms with E-state index >= 15 is 0 Å². The highest BCUT2D eigenvalue weighted by molar-refractivity contribution is 5.44. The van der Waals surface area contributed by atoms with Crippen molar-refractivity contribution in [3.8, 4) is 0 Å². The van der Waals surface area contributed by atoms with E-state index in [0.717, 1.165) is 51.2 Å². The maximum absolute atomic E-state index is 13.0. The summed E-state index contributed by atoms with van der Waals surface area (Å²) in [5, 5.41) is 0. The van der Waals surface area contributed by atoms with E-state index in [1.54, 1.807) is 12.5 Å². The molecule has 1 saturated heterocycles. The highest BCUT2D eigenvalue weighted by atomic mass is 19.4. The smallest absolute Gasteiger partial charge is 0.433 e. The van der Waals surface area contributed by atoms with Crippen LogP contribution in [0.25, 0.3) is 0 Å². The summed E-state index contributed by atoms with van der Waals surface area (Å²) in [6, 6.07) is 1.56. The van der Waals surface area contributed by atoms with Crippen LogP contribution in [0.3, 0.4) is 0 Å². The van der Waals surface area contributed by atoms with Crippen molar-refractivity contribution in [1.29, 1.82) is 0 Å². The van der Waals surface area contributed by atoms with Gasteiger partial charge in [-0.15, -0.1) is 0 Å². The average molecular weight is 367 g/mol. The Kier molecular flexibility index (Phi) is 4.56. The van der Waals surface area contributed by atoms with Crippen molar-refractivity contribution in [2.45, 2.75) is 50.5 Å². The number of likely N-dealkylation sites (tertiary alicyclic amines) is 1. The van der Waals surface area contributed by atoms with E-state index in [0.29, 0.717) is 18.3 Å². The van der Waals surface area contributed by atoms with Crippen LogP contribution in [0.15, 0.2) is 29.3 Å². The van der Waals surface area contributed by atoms with Crippen LogP contribution in [0, 0.1) is 0 Å². The minimum absolute atomic E-state index is 0.194. The van der Waals surface area contributed by atoms with Crippen LogP contribution in [0.5, 0.6) is 0 Å². The molecular weight excluding hydrogens is 347 g/mol. The third kappa shape index (κ3) is 3.82. The van der Waals surface area contributed by atoms with Gasteiger partial charge in [-0.3, -0.25) is 4.90 Å². The van der Waals surface area contributed by atoms with Crippen molar-refractivity contribution in [2.24, 2.45) is 0 Å². The predicted molar refractivity (Wildman–Crippen MR) is 87.3 cm³/mol. The van der Waals surface area contributed by atoms with E-state index < -0.39 is 11.9 Å². The van der Waals surface area contributed by atoms with Gasteiger partial charge in [0.25, 0.3) is 0 Å². The first-order valence-corrected chi connectivity index (χ1v) is 8.79. The van der Waals surface area contributed by atoms with Crippen LogP contribution in [-0.4, -0.2) is 45.0 Å². The Bertz CT molecular complexity index is 724. The summed E-state index contributed by atoms with van der Waals surface area (Å²) in [5.74, 6) is 1.08. The number of oxazole rings is 1. The lowest BCUT2D eigenvalue weighted by molar-refractivity contribution is -0.141. The Morgan fingerprint density at radius 2 is 1.81 bits per heavy atom. The number of halogens is 3. The van der Waals surface area contributed by atoms with Gasteiger partial charge in [-0.1, -0.05) is 0 Å². The molecule has 3 heterocycles. The molecule has 0 N–H and O–H groups in total. The van der Waals surface area contributed by atoms with Crippen LogP contribution < -0.4 is 4.90 Å². The van der Waals surface area contributed by atoms with Crippen molar-refractivity contribution in [3.63, 3.8) is 0 Å². The van der Waals surface area contributed by atoms with Gasteiger partial charge in [-0.2, -0.15) is 13.2 Å². The maximum atomic E-state index is 13.0. The van der Waals surface area contributed by atoms with Gasteiger partial charge in [0.2, 0.25) is 5.89 Å². The topological polar surface area (TPSA) is 58.3 Å². The van der Waals surface area contributed by atoms with Crippen LogP contribution in [0.1, 0.15) is 37.3 Å². The molecule has 0 bridgehead atoms. The minimum atomic E-state index is -4.45. The SMILES string of the molecule is FC(F)(F)c1cc(N(C2CC2)C2CCN(Cc3ncco3)CC2)ncn1. The molecule has 0 amide bonds. The zero-order valence-electron chi connectivity index (χ0n) is 14.2. The lowest BCUT2D eigenvalue weighted by Crippen LogP contribution is -2.46. The van der Waals surface area contributed by atoms with Gasteiger partial charge in [0.1, 0.15) is 24.1 Å². The summed E-state index contributed by atoms with van der Waals surface area (Å²) in [6.45, 7) is 2.37. The highest BCUT2D eigenvalue weighted by Gasteiger charge is 2.39. The summed E-state index contributed by atoms with van der Waals surface area (Å²) >= 11 is 0. The summed E-state index contributed by atoms with van der Waals surface area (Å²) < 4.78 is 44.3. The molecule has 1 saturated carbocycles. The molecule has 0 unspecified atom stereocenters. The average Bonchev–Trinajstić information content (AvgIpc) is 3.32. The molecule has 2 fully saturated rings. The van der Waals surface area contributed by atoms with Crippen LogP contribution >= 0.6 is 0 Å². The standard InChI is InChI=1S/C17H20F3N5O/c18-17(19,20)14-9-15(23-11-22-14)25(12-1-2-12)13-3-6-24(7-4-13)10-16-21-5-8-26-16/h5,8-9,11-13H,1-4,6-7,10H2. The molecule has 0 radical (unpaired) electrons. The van der Waals surface area contributed by atoms with Gasteiger partial charge in [0, 0.05) is 31.2 Å². The zero-order chi connectivity index (χ0) is 18.1. The molecule has 4 rings (SSSR count). The summed E-state index contributed by atoms with van der Waals surface area (Å²) in [5.41, 5.74) is -0.880. The fraction of sp³-hybridized carbons (Fsp3) is 0.588. The summed E-state index contributed by atoms with van der Waals surface area (Å²) in [7, 11) is 0. The fourth-order valence-electron chi connectivity index (χ4n) is 3.55. The molecule has 1 aliphatic carbocycles. The van der Waals surface area contributed by atoms with Crippen LogP contribution in [0.2, 0.25) is 0 Å². The summed E-state index contributed by atoms with van der Waals surface area (Å²) in [4.78, 5) is 16.0. The fourth-order valence-corrected chi connectivity index (χ4v) is 3.55. The van der Waals surface area contributed by atoms with Crippen molar-refractivity contribution in [1.82, 2.24) is 19.9 Å². The number of hydrogen-bond donors (Lipinski definition) is 0. The number of rotatable bonds is 5. The predicted octanol–water partition coefficient (Wildman–Crippen LogP) is 3.12. The Balaban J connectivity index is 1.45. The molecule has 0 aromatic carbocycles. The van der Waals surface area contributed by atoms with Crippen LogP contribution in [0.4, 0.5) is 19.0 Å². The van der Waals surface area contributed by atoms with Crippen molar-refractivity contribution in [2.75, 3.05) is 18.0 Å². The third-order valence-electron chi connectivity index (χ3n) is 4.94. The number of hydrogen-bond acceptors (Lipinski definition) is 6. The van der Waals surface area contributed by atoms with Gasteiger partial charge >= 0.3 is 6.18 Å². The van der Waals surface area contributed by atoms with Gasteiger partial charge < -0.3 is 9.32 Å². The van der Waals surface area contributed by atoms with E-state index in [2.05, 4.69) is 24.8 Å². The Morgan fingerprint density at radius 3 is 2.42 bits per heavy atom. The van der Waals surface area contributed by atoms with Crippen LogP contribution in [-0.2, 0) is 12.7 Å². The Labute approximate surface area is 149 Å². The van der Waals surface area contributed by atoms with Gasteiger partial charge in [-0.05, 0) is 25.7 Å². The molecular formula is C17H20F3N5O. The maximum Gasteiger partial charge on any atom is 0.433 e. The Morgan fingerprint density at radius 1 is 1.08 bits per heavy atom. The lowest BCUT2D eigenvalue weighted by Gasteiger charge is -2.39. The normalized spacial score (nSPS) is 19.7. The summed E-state index contributed by atoms with van der Waals surface area (Å²) in [6.07, 6.45) is 3.51. The van der Waals surface area contributed by atoms with Gasteiger partial charge in [0.05, 0.1) is 12.7 Å². The molecule has 0 atom stereocenters. The molecule has 140 valence electrons. The molecule has 1 aliphatic heterocycles. The first-order chi connectivity index (χ1) is 12.5. The third-order valence-corrected chi connectivity index (χ3v) is 4.94. The zero-order valence-corrected chi connectivity index (χ0v) is 14.2. The van der Waals surface area contributed by atoms with Gasteiger partial charge in [-0.25, -0.2) is 15.0 Å². The second kappa shape index (κ2) is 6.86.